The summed E-state index contributed by atoms with van der Waals surface area (Å²) in [6, 6.07) is 1.35. The number of rotatable bonds is 6. The number of carbonyl (C=O) groups excluding carboxylic acids is 1. The Morgan fingerprint density at radius 3 is 2.65 bits per heavy atom. The van der Waals surface area contributed by atoms with Crippen molar-refractivity contribution in [3.05, 3.63) is 11.6 Å². The van der Waals surface area contributed by atoms with Crippen LogP contribution in [-0.4, -0.2) is 60.5 Å². The molecule has 4 heteroatoms. The fraction of sp³-hybridized carbons (Fsp3) is 0.864. The first-order valence-corrected chi connectivity index (χ1v) is 11.1. The second kappa shape index (κ2) is 9.89. The fourth-order valence-corrected chi connectivity index (χ4v) is 4.94. The molecule has 2 fully saturated rings. The van der Waals surface area contributed by atoms with Crippen LogP contribution < -0.4 is 5.32 Å². The Hall–Kier alpha value is -0.870. The summed E-state index contributed by atoms with van der Waals surface area (Å²) in [6.07, 6.45) is 13.3. The fourth-order valence-electron chi connectivity index (χ4n) is 4.94. The van der Waals surface area contributed by atoms with Crippen molar-refractivity contribution in [3.63, 3.8) is 0 Å². The van der Waals surface area contributed by atoms with Crippen LogP contribution in [0.4, 0.5) is 0 Å². The molecule has 0 bridgehead atoms. The Bertz CT molecular complexity index is 480. The van der Waals surface area contributed by atoms with Gasteiger partial charge in [-0.15, -0.1) is 0 Å². The molecule has 2 aliphatic heterocycles. The van der Waals surface area contributed by atoms with Gasteiger partial charge in [-0.3, -0.25) is 9.69 Å². The van der Waals surface area contributed by atoms with Crippen LogP contribution in [0.3, 0.4) is 0 Å². The molecule has 148 valence electrons. The molecule has 1 aliphatic carbocycles. The minimum atomic E-state index is 0.201. The smallest absolute Gasteiger partial charge is 0.224 e. The third-order valence-electron chi connectivity index (χ3n) is 6.70. The van der Waals surface area contributed by atoms with Gasteiger partial charge in [-0.2, -0.15) is 0 Å². The zero-order chi connectivity index (χ0) is 18.4. The predicted octanol–water partition coefficient (Wildman–Crippen LogP) is 3.58. The Balaban J connectivity index is 1.40. The third kappa shape index (κ3) is 5.56. The number of hydrogen-bond acceptors (Lipinski definition) is 3. The molecule has 4 nitrogen and oxygen atoms in total. The Morgan fingerprint density at radius 2 is 1.96 bits per heavy atom. The van der Waals surface area contributed by atoms with Crippen LogP contribution in [-0.2, 0) is 4.79 Å². The van der Waals surface area contributed by atoms with Gasteiger partial charge in [-0.25, -0.2) is 0 Å². The number of likely N-dealkylation sites (tertiary alicyclic amines) is 2. The van der Waals surface area contributed by atoms with Gasteiger partial charge >= 0.3 is 0 Å². The molecule has 1 atom stereocenters. The minimum Gasteiger partial charge on any atom is -0.356 e. The highest BCUT2D eigenvalue weighted by molar-refractivity contribution is 5.79. The quantitative estimate of drug-likeness (QED) is 0.735. The van der Waals surface area contributed by atoms with Crippen molar-refractivity contribution in [1.29, 1.82) is 0 Å². The van der Waals surface area contributed by atoms with Gasteiger partial charge in [-0.05, 0) is 91.3 Å². The monoisotopic (exact) mass is 361 g/mol. The zero-order valence-corrected chi connectivity index (χ0v) is 17.0. The first kappa shape index (κ1) is 19.9. The Morgan fingerprint density at radius 1 is 1.15 bits per heavy atom. The molecule has 0 radical (unpaired) electrons. The first-order valence-electron chi connectivity index (χ1n) is 11.1. The second-order valence-electron chi connectivity index (χ2n) is 8.84. The van der Waals surface area contributed by atoms with Crippen molar-refractivity contribution in [2.24, 2.45) is 5.92 Å². The summed E-state index contributed by atoms with van der Waals surface area (Å²) in [4.78, 5) is 17.9. The summed E-state index contributed by atoms with van der Waals surface area (Å²) >= 11 is 0. The topological polar surface area (TPSA) is 35.6 Å². The average molecular weight is 362 g/mol. The predicted molar refractivity (Wildman–Crippen MR) is 108 cm³/mol. The number of nitrogens with one attached hydrogen (secondary N) is 1. The standard InChI is InChI=1S/C22H39N3O/c1-18(2)24-15-11-21(12-16-24)25-14-6-9-20(17-25)22(26)23-13-10-19-7-4-3-5-8-19/h7,18,20-21H,3-6,8-17H2,1-2H3,(H,23,26)/t20-/m0/s1. The highest BCUT2D eigenvalue weighted by atomic mass is 16.1. The summed E-state index contributed by atoms with van der Waals surface area (Å²) in [5, 5.41) is 3.23. The first-order chi connectivity index (χ1) is 12.6. The van der Waals surface area contributed by atoms with E-state index in [2.05, 4.69) is 35.0 Å². The molecule has 0 saturated carbocycles. The molecule has 0 aromatic rings. The second-order valence-corrected chi connectivity index (χ2v) is 8.84. The van der Waals surface area contributed by atoms with Crippen molar-refractivity contribution in [1.82, 2.24) is 15.1 Å². The van der Waals surface area contributed by atoms with Gasteiger partial charge in [0.1, 0.15) is 0 Å². The van der Waals surface area contributed by atoms with Crippen molar-refractivity contribution >= 4 is 5.91 Å². The molecule has 0 unspecified atom stereocenters. The lowest BCUT2D eigenvalue weighted by Crippen LogP contribution is -2.51. The SMILES string of the molecule is CC(C)N1CCC(N2CCC[C@H](C(=O)NCCC3=CCCCC3)C2)CC1. The molecule has 1 amide bonds. The van der Waals surface area contributed by atoms with Crippen molar-refractivity contribution in [2.45, 2.75) is 83.7 Å². The number of nitrogens with zero attached hydrogens (tertiary/aromatic N) is 2. The van der Waals surface area contributed by atoms with Crippen molar-refractivity contribution < 1.29 is 4.79 Å². The molecular weight excluding hydrogens is 322 g/mol. The maximum absolute atomic E-state index is 12.6. The highest BCUT2D eigenvalue weighted by Crippen LogP contribution is 2.25. The van der Waals surface area contributed by atoms with E-state index in [1.54, 1.807) is 5.57 Å². The molecule has 3 rings (SSSR count). The summed E-state index contributed by atoms with van der Waals surface area (Å²) in [6.45, 7) is 10.0. The summed E-state index contributed by atoms with van der Waals surface area (Å²) in [5.41, 5.74) is 1.55. The normalized spacial score (nSPS) is 26.7. The van der Waals surface area contributed by atoms with Gasteiger partial charge in [0.25, 0.3) is 0 Å². The molecule has 3 aliphatic rings. The number of amides is 1. The summed E-state index contributed by atoms with van der Waals surface area (Å²) in [5.74, 6) is 0.498. The number of piperidine rings is 2. The van der Waals surface area contributed by atoms with E-state index < -0.39 is 0 Å². The zero-order valence-electron chi connectivity index (χ0n) is 17.0. The van der Waals surface area contributed by atoms with Gasteiger partial charge in [0.05, 0.1) is 5.92 Å². The lowest BCUT2D eigenvalue weighted by molar-refractivity contribution is -0.127. The number of carbonyl (C=O) groups is 1. The van der Waals surface area contributed by atoms with Crippen LogP contribution in [0.5, 0.6) is 0 Å². The van der Waals surface area contributed by atoms with E-state index >= 15 is 0 Å². The van der Waals surface area contributed by atoms with Crippen LogP contribution in [0.15, 0.2) is 11.6 Å². The average Bonchev–Trinajstić information content (AvgIpc) is 2.69. The van der Waals surface area contributed by atoms with Crippen LogP contribution in [0.25, 0.3) is 0 Å². The third-order valence-corrected chi connectivity index (χ3v) is 6.70. The van der Waals surface area contributed by atoms with Crippen molar-refractivity contribution in [3.8, 4) is 0 Å². The number of allylic oxidation sites excluding steroid dienone is 1. The van der Waals surface area contributed by atoms with Gasteiger partial charge in [-0.1, -0.05) is 11.6 Å². The minimum absolute atomic E-state index is 0.201. The molecule has 0 spiro atoms. The lowest BCUT2D eigenvalue weighted by Gasteiger charge is -2.43. The van der Waals surface area contributed by atoms with E-state index in [0.29, 0.717) is 18.0 Å². The lowest BCUT2D eigenvalue weighted by atomic mass is 9.93. The molecule has 26 heavy (non-hydrogen) atoms. The van der Waals surface area contributed by atoms with Gasteiger partial charge < -0.3 is 10.2 Å². The van der Waals surface area contributed by atoms with E-state index in [0.717, 1.165) is 25.9 Å². The van der Waals surface area contributed by atoms with Crippen LogP contribution in [0.1, 0.15) is 71.6 Å². The van der Waals surface area contributed by atoms with E-state index in [4.69, 9.17) is 0 Å². The highest BCUT2D eigenvalue weighted by Gasteiger charge is 2.31. The van der Waals surface area contributed by atoms with E-state index in [1.165, 1.54) is 64.6 Å². The van der Waals surface area contributed by atoms with Crippen LogP contribution in [0.2, 0.25) is 0 Å². The summed E-state index contributed by atoms with van der Waals surface area (Å²) < 4.78 is 0. The maximum atomic E-state index is 12.6. The molecular formula is C22H39N3O. The molecule has 0 aromatic carbocycles. The van der Waals surface area contributed by atoms with Crippen LogP contribution >= 0.6 is 0 Å². The van der Waals surface area contributed by atoms with Gasteiger partial charge in [0.2, 0.25) is 5.91 Å². The molecule has 1 N–H and O–H groups in total. The molecule has 0 aromatic heterocycles. The Labute approximate surface area is 160 Å². The van der Waals surface area contributed by atoms with Crippen molar-refractivity contribution in [2.75, 3.05) is 32.7 Å². The van der Waals surface area contributed by atoms with E-state index in [1.807, 2.05) is 0 Å². The largest absolute Gasteiger partial charge is 0.356 e. The maximum Gasteiger partial charge on any atom is 0.224 e. The Kier molecular flexibility index (Phi) is 7.56. The van der Waals surface area contributed by atoms with E-state index in [9.17, 15) is 4.79 Å². The van der Waals surface area contributed by atoms with Gasteiger partial charge in [0.15, 0.2) is 0 Å². The molecule has 2 heterocycles. The van der Waals surface area contributed by atoms with E-state index in [-0.39, 0.29) is 5.92 Å². The number of hydrogen-bond donors (Lipinski definition) is 1. The molecule has 2 saturated heterocycles. The summed E-state index contributed by atoms with van der Waals surface area (Å²) in [7, 11) is 0. The van der Waals surface area contributed by atoms with Crippen LogP contribution in [0, 0.1) is 5.92 Å². The van der Waals surface area contributed by atoms with Gasteiger partial charge in [0, 0.05) is 25.2 Å².